The van der Waals surface area contributed by atoms with E-state index in [-0.39, 0.29) is 10.8 Å². The molecule has 0 radical (unpaired) electrons. The summed E-state index contributed by atoms with van der Waals surface area (Å²) in [6, 6.07) is 63.5. The predicted octanol–water partition coefficient (Wildman–Crippen LogP) is 16.2. The van der Waals surface area contributed by atoms with Gasteiger partial charge >= 0.3 is 0 Å². The fourth-order valence-electron chi connectivity index (χ4n) is 9.25. The SMILES string of the molecule is CC(C)(C)c1ccc2c(c1)c1cc(C(C)(C)C)ccc1n2-c1ccc(-c2ccc(-c3ccc(-n4c5ccccc5c5c6c(ccc54)sc4ccccc46)cc3)cc2)cc1. The van der Waals surface area contributed by atoms with Crippen LogP contribution in [0.2, 0.25) is 0 Å². The van der Waals surface area contributed by atoms with Crippen LogP contribution in [0.5, 0.6) is 0 Å². The monoisotopic (exact) mass is 778 g/mol. The van der Waals surface area contributed by atoms with E-state index in [1.165, 1.54) is 109 Å². The first-order chi connectivity index (χ1) is 28.5. The minimum absolute atomic E-state index is 0.0757. The van der Waals surface area contributed by atoms with E-state index in [4.69, 9.17) is 0 Å². The third-order valence-corrected chi connectivity index (χ3v) is 13.6. The zero-order valence-electron chi connectivity index (χ0n) is 34.5. The second kappa shape index (κ2) is 13.0. The molecule has 3 heteroatoms. The first-order valence-electron chi connectivity index (χ1n) is 20.8. The van der Waals surface area contributed by atoms with Crippen LogP contribution in [0, 0.1) is 0 Å². The molecule has 0 atom stereocenters. The Kier molecular flexibility index (Phi) is 7.90. The molecule has 0 bridgehead atoms. The van der Waals surface area contributed by atoms with Crippen molar-refractivity contribution in [3.63, 3.8) is 0 Å². The Hall–Kier alpha value is -6.42. The Balaban J connectivity index is 0.916. The van der Waals surface area contributed by atoms with Crippen LogP contribution in [0.3, 0.4) is 0 Å². The summed E-state index contributed by atoms with van der Waals surface area (Å²) in [6.45, 7) is 13.8. The summed E-state index contributed by atoms with van der Waals surface area (Å²) >= 11 is 1.88. The Morgan fingerprint density at radius 2 is 0.763 bits per heavy atom. The molecule has 0 unspecified atom stereocenters. The van der Waals surface area contributed by atoms with Crippen molar-refractivity contribution in [3.8, 4) is 33.6 Å². The molecule has 3 aromatic heterocycles. The number of hydrogen-bond donors (Lipinski definition) is 0. The van der Waals surface area contributed by atoms with E-state index in [0.717, 1.165) is 0 Å². The highest BCUT2D eigenvalue weighted by Gasteiger charge is 2.22. The number of fused-ring (bicyclic) bond motifs is 10. The normalized spacial score (nSPS) is 12.6. The van der Waals surface area contributed by atoms with Crippen molar-refractivity contribution in [3.05, 3.63) is 181 Å². The van der Waals surface area contributed by atoms with Crippen LogP contribution in [-0.4, -0.2) is 9.13 Å². The Morgan fingerprint density at radius 3 is 1.29 bits per heavy atom. The summed E-state index contributed by atoms with van der Waals surface area (Å²) in [4.78, 5) is 0. The van der Waals surface area contributed by atoms with Crippen LogP contribution in [0.4, 0.5) is 0 Å². The molecule has 3 heterocycles. The Labute approximate surface area is 349 Å². The zero-order valence-corrected chi connectivity index (χ0v) is 35.3. The van der Waals surface area contributed by atoms with E-state index < -0.39 is 0 Å². The van der Waals surface area contributed by atoms with E-state index in [9.17, 15) is 0 Å². The minimum atomic E-state index is 0.0757. The van der Waals surface area contributed by atoms with Gasteiger partial charge in [0.05, 0.1) is 22.1 Å². The Morgan fingerprint density at radius 1 is 0.339 bits per heavy atom. The molecule has 0 N–H and O–H groups in total. The highest BCUT2D eigenvalue weighted by atomic mass is 32.1. The van der Waals surface area contributed by atoms with Gasteiger partial charge < -0.3 is 9.13 Å². The molecule has 0 aliphatic heterocycles. The van der Waals surface area contributed by atoms with E-state index >= 15 is 0 Å². The van der Waals surface area contributed by atoms with Crippen molar-refractivity contribution in [1.82, 2.24) is 9.13 Å². The molecule has 0 amide bonds. The fourth-order valence-corrected chi connectivity index (χ4v) is 10.4. The van der Waals surface area contributed by atoms with Crippen molar-refractivity contribution in [2.24, 2.45) is 0 Å². The summed E-state index contributed by atoms with van der Waals surface area (Å²) in [6.07, 6.45) is 0. The lowest BCUT2D eigenvalue weighted by Gasteiger charge is -2.19. The second-order valence-corrected chi connectivity index (χ2v) is 19.3. The first-order valence-corrected chi connectivity index (χ1v) is 21.6. The van der Waals surface area contributed by atoms with Gasteiger partial charge in [-0.05, 0) is 117 Å². The largest absolute Gasteiger partial charge is 0.309 e. The van der Waals surface area contributed by atoms with Crippen molar-refractivity contribution in [1.29, 1.82) is 0 Å². The van der Waals surface area contributed by atoms with Gasteiger partial charge in [0, 0.05) is 53.1 Å². The molecule has 11 rings (SSSR count). The molecule has 8 aromatic carbocycles. The van der Waals surface area contributed by atoms with Crippen molar-refractivity contribution >= 4 is 75.1 Å². The molecule has 0 aliphatic carbocycles. The number of aromatic nitrogens is 2. The highest BCUT2D eigenvalue weighted by Crippen LogP contribution is 2.44. The number of thiophene rings is 1. The average molecular weight is 779 g/mol. The fraction of sp³-hybridized carbons (Fsp3) is 0.143. The quantitative estimate of drug-likeness (QED) is 0.168. The molecular formula is C56H46N2S. The van der Waals surface area contributed by atoms with Crippen LogP contribution in [0.1, 0.15) is 52.7 Å². The smallest absolute Gasteiger partial charge is 0.0548 e. The highest BCUT2D eigenvalue weighted by molar-refractivity contribution is 7.26. The lowest BCUT2D eigenvalue weighted by Crippen LogP contribution is -2.10. The van der Waals surface area contributed by atoms with Gasteiger partial charge in [-0.15, -0.1) is 11.3 Å². The topological polar surface area (TPSA) is 9.86 Å². The molecule has 0 saturated carbocycles. The van der Waals surface area contributed by atoms with Gasteiger partial charge in [0.15, 0.2) is 0 Å². The Bertz CT molecular complexity index is 3340. The van der Waals surface area contributed by atoms with Gasteiger partial charge in [-0.25, -0.2) is 0 Å². The minimum Gasteiger partial charge on any atom is -0.309 e. The van der Waals surface area contributed by atoms with Crippen LogP contribution in [-0.2, 0) is 10.8 Å². The van der Waals surface area contributed by atoms with E-state index in [0.29, 0.717) is 0 Å². The third-order valence-electron chi connectivity index (χ3n) is 12.5. The third kappa shape index (κ3) is 5.74. The molecule has 0 fully saturated rings. The zero-order chi connectivity index (χ0) is 40.2. The lowest BCUT2D eigenvalue weighted by molar-refractivity contribution is 0.590. The van der Waals surface area contributed by atoms with Gasteiger partial charge in [0.25, 0.3) is 0 Å². The van der Waals surface area contributed by atoms with Crippen molar-refractivity contribution in [2.75, 3.05) is 0 Å². The maximum Gasteiger partial charge on any atom is 0.0548 e. The van der Waals surface area contributed by atoms with Gasteiger partial charge in [0.2, 0.25) is 0 Å². The lowest BCUT2D eigenvalue weighted by atomic mass is 9.85. The first kappa shape index (κ1) is 35.7. The summed E-state index contributed by atoms with van der Waals surface area (Å²) < 4.78 is 7.54. The number of nitrogens with zero attached hydrogens (tertiary/aromatic N) is 2. The summed E-state index contributed by atoms with van der Waals surface area (Å²) in [5.41, 5.74) is 15.0. The predicted molar refractivity (Wildman–Crippen MR) is 256 cm³/mol. The number of benzene rings is 8. The van der Waals surface area contributed by atoms with Crippen LogP contribution >= 0.6 is 11.3 Å². The summed E-state index contributed by atoms with van der Waals surface area (Å²) in [5.74, 6) is 0. The average Bonchev–Trinajstić information content (AvgIpc) is 3.90. The maximum atomic E-state index is 2.43. The molecular weight excluding hydrogens is 733 g/mol. The molecule has 2 nitrogen and oxygen atoms in total. The van der Waals surface area contributed by atoms with E-state index in [2.05, 4.69) is 221 Å². The van der Waals surface area contributed by atoms with Crippen molar-refractivity contribution < 1.29 is 0 Å². The molecule has 59 heavy (non-hydrogen) atoms. The van der Waals surface area contributed by atoms with Gasteiger partial charge in [-0.1, -0.05) is 139 Å². The van der Waals surface area contributed by atoms with Gasteiger partial charge in [-0.3, -0.25) is 0 Å². The van der Waals surface area contributed by atoms with Crippen LogP contribution < -0.4 is 0 Å². The molecule has 0 aliphatic rings. The summed E-state index contributed by atoms with van der Waals surface area (Å²) in [5, 5.41) is 7.96. The second-order valence-electron chi connectivity index (χ2n) is 18.3. The van der Waals surface area contributed by atoms with Crippen LogP contribution in [0.15, 0.2) is 170 Å². The maximum absolute atomic E-state index is 2.43. The molecule has 0 spiro atoms. The van der Waals surface area contributed by atoms with E-state index in [1.807, 2.05) is 11.3 Å². The molecule has 286 valence electrons. The van der Waals surface area contributed by atoms with Gasteiger partial charge in [-0.2, -0.15) is 0 Å². The van der Waals surface area contributed by atoms with E-state index in [1.54, 1.807) is 0 Å². The van der Waals surface area contributed by atoms with Crippen molar-refractivity contribution in [2.45, 2.75) is 52.4 Å². The molecule has 0 saturated heterocycles. The number of hydrogen-bond acceptors (Lipinski definition) is 1. The van der Waals surface area contributed by atoms with Gasteiger partial charge in [0.1, 0.15) is 0 Å². The number of para-hydroxylation sites is 1. The summed E-state index contributed by atoms with van der Waals surface area (Å²) in [7, 11) is 0. The molecule has 11 aromatic rings. The standard InChI is InChI=1S/C56H46N2S/c1-55(2,3)39-23-29-48-45(33-39)46-34-40(56(4,5)6)24-30-49(46)57(48)41-25-19-37(20-26-41)35-15-17-36(18-16-35)38-21-27-42(28-22-38)58-47-13-9-7-11-43(47)53-50(58)31-32-52-54(53)44-12-8-10-14-51(44)59-52/h7-34H,1-6H3. The number of rotatable bonds is 4. The van der Waals surface area contributed by atoms with Crippen LogP contribution in [0.25, 0.3) is 97.4 Å².